The van der Waals surface area contributed by atoms with Crippen LogP contribution >= 0.6 is 0 Å². The standard InChI is InChI=1S/C11H21N3O3/c1-8(15)9-5-3-4-6-14(9)7-10(16)13-11(17)12-2/h8-9,15H,3-7H2,1-2H3,(H2,12,13,16,17)/t8-,9+/m1/s1. The van der Waals surface area contributed by atoms with Crippen LogP contribution in [0, 0.1) is 0 Å². The number of piperidine rings is 1. The first-order valence-corrected chi connectivity index (χ1v) is 5.98. The van der Waals surface area contributed by atoms with Gasteiger partial charge in [-0.25, -0.2) is 4.79 Å². The van der Waals surface area contributed by atoms with Crippen LogP contribution < -0.4 is 10.6 Å². The van der Waals surface area contributed by atoms with Crippen molar-refractivity contribution in [1.29, 1.82) is 0 Å². The Kier molecular flexibility index (Phi) is 5.37. The molecular weight excluding hydrogens is 222 g/mol. The van der Waals surface area contributed by atoms with Gasteiger partial charge < -0.3 is 10.4 Å². The molecule has 1 heterocycles. The largest absolute Gasteiger partial charge is 0.392 e. The summed E-state index contributed by atoms with van der Waals surface area (Å²) in [4.78, 5) is 24.5. The molecule has 3 N–H and O–H groups in total. The van der Waals surface area contributed by atoms with Gasteiger partial charge in [0, 0.05) is 13.1 Å². The number of likely N-dealkylation sites (tertiary alicyclic amines) is 1. The Morgan fingerprint density at radius 1 is 1.47 bits per heavy atom. The van der Waals surface area contributed by atoms with E-state index in [9.17, 15) is 14.7 Å². The van der Waals surface area contributed by atoms with Gasteiger partial charge in [0.05, 0.1) is 12.6 Å². The maximum absolute atomic E-state index is 11.6. The summed E-state index contributed by atoms with van der Waals surface area (Å²) >= 11 is 0. The Hall–Kier alpha value is -1.14. The Bertz CT molecular complexity index is 281. The van der Waals surface area contributed by atoms with Crippen LogP contribution in [0.15, 0.2) is 0 Å². The number of rotatable bonds is 3. The highest BCUT2D eigenvalue weighted by molar-refractivity contribution is 5.95. The van der Waals surface area contributed by atoms with E-state index in [-0.39, 0.29) is 18.5 Å². The van der Waals surface area contributed by atoms with Crippen LogP contribution in [0.1, 0.15) is 26.2 Å². The van der Waals surface area contributed by atoms with Gasteiger partial charge in [0.15, 0.2) is 0 Å². The van der Waals surface area contributed by atoms with Crippen molar-refractivity contribution in [1.82, 2.24) is 15.5 Å². The van der Waals surface area contributed by atoms with Gasteiger partial charge in [-0.3, -0.25) is 15.0 Å². The fraction of sp³-hybridized carbons (Fsp3) is 0.818. The lowest BCUT2D eigenvalue weighted by Gasteiger charge is -2.36. The third kappa shape index (κ3) is 4.32. The molecule has 0 aromatic carbocycles. The summed E-state index contributed by atoms with van der Waals surface area (Å²) in [7, 11) is 1.46. The zero-order valence-corrected chi connectivity index (χ0v) is 10.4. The van der Waals surface area contributed by atoms with Crippen molar-refractivity contribution < 1.29 is 14.7 Å². The smallest absolute Gasteiger partial charge is 0.321 e. The maximum atomic E-state index is 11.6. The number of carbonyl (C=O) groups is 2. The number of hydrogen-bond acceptors (Lipinski definition) is 4. The lowest BCUT2D eigenvalue weighted by molar-refractivity contribution is -0.122. The summed E-state index contributed by atoms with van der Waals surface area (Å²) in [5.74, 6) is -0.336. The molecule has 17 heavy (non-hydrogen) atoms. The lowest BCUT2D eigenvalue weighted by atomic mass is 9.98. The van der Waals surface area contributed by atoms with E-state index in [1.807, 2.05) is 4.90 Å². The quantitative estimate of drug-likeness (QED) is 0.634. The molecular formula is C11H21N3O3. The van der Waals surface area contributed by atoms with E-state index in [1.165, 1.54) is 7.05 Å². The van der Waals surface area contributed by atoms with Gasteiger partial charge in [0.1, 0.15) is 0 Å². The Balaban J connectivity index is 2.47. The van der Waals surface area contributed by atoms with Crippen LogP contribution in [0.5, 0.6) is 0 Å². The van der Waals surface area contributed by atoms with E-state index >= 15 is 0 Å². The predicted molar refractivity (Wildman–Crippen MR) is 63.5 cm³/mol. The van der Waals surface area contributed by atoms with Gasteiger partial charge in [-0.2, -0.15) is 0 Å². The molecule has 0 saturated carbocycles. The average molecular weight is 243 g/mol. The average Bonchev–Trinajstić information content (AvgIpc) is 2.29. The number of urea groups is 1. The molecule has 0 unspecified atom stereocenters. The van der Waals surface area contributed by atoms with Crippen molar-refractivity contribution in [3.63, 3.8) is 0 Å². The first-order chi connectivity index (χ1) is 8.04. The summed E-state index contributed by atoms with van der Waals surface area (Å²) in [6, 6.07) is -0.486. The summed E-state index contributed by atoms with van der Waals surface area (Å²) in [6.07, 6.45) is 2.54. The van der Waals surface area contributed by atoms with E-state index in [1.54, 1.807) is 6.92 Å². The van der Waals surface area contributed by atoms with Crippen LogP contribution in [0.3, 0.4) is 0 Å². The second-order valence-electron chi connectivity index (χ2n) is 4.40. The van der Waals surface area contributed by atoms with Gasteiger partial charge in [0.25, 0.3) is 0 Å². The number of aliphatic hydroxyl groups excluding tert-OH is 1. The number of carbonyl (C=O) groups excluding carboxylic acids is 2. The highest BCUT2D eigenvalue weighted by Crippen LogP contribution is 2.19. The number of hydrogen-bond donors (Lipinski definition) is 3. The molecule has 1 rings (SSSR count). The molecule has 3 amide bonds. The topological polar surface area (TPSA) is 81.7 Å². The van der Waals surface area contributed by atoms with Gasteiger partial charge in [-0.05, 0) is 26.3 Å². The molecule has 1 aliphatic rings. The zero-order chi connectivity index (χ0) is 12.8. The minimum Gasteiger partial charge on any atom is -0.392 e. The molecule has 0 aliphatic carbocycles. The number of nitrogens with one attached hydrogen (secondary N) is 2. The van der Waals surface area contributed by atoms with Gasteiger partial charge in [-0.15, -0.1) is 0 Å². The van der Waals surface area contributed by atoms with Crippen LogP contribution in [0.2, 0.25) is 0 Å². The van der Waals surface area contributed by atoms with Gasteiger partial charge in [-0.1, -0.05) is 6.42 Å². The van der Waals surface area contributed by atoms with E-state index in [4.69, 9.17) is 0 Å². The second-order valence-corrected chi connectivity index (χ2v) is 4.40. The van der Waals surface area contributed by atoms with E-state index in [2.05, 4.69) is 10.6 Å². The molecule has 0 aromatic rings. The number of amides is 3. The SMILES string of the molecule is CNC(=O)NC(=O)CN1CCCC[C@H]1[C@@H](C)O. The molecule has 6 nitrogen and oxygen atoms in total. The molecule has 0 radical (unpaired) electrons. The third-order valence-electron chi connectivity index (χ3n) is 3.05. The molecule has 0 bridgehead atoms. The molecule has 6 heteroatoms. The second kappa shape index (κ2) is 6.56. The van der Waals surface area contributed by atoms with Crippen LogP contribution in [-0.4, -0.2) is 54.2 Å². The summed E-state index contributed by atoms with van der Waals surface area (Å²) in [6.45, 7) is 2.68. The fourth-order valence-corrected chi connectivity index (χ4v) is 2.17. The highest BCUT2D eigenvalue weighted by atomic mass is 16.3. The monoisotopic (exact) mass is 243 g/mol. The van der Waals surface area contributed by atoms with Crippen LogP contribution in [0.4, 0.5) is 4.79 Å². The summed E-state index contributed by atoms with van der Waals surface area (Å²) in [5, 5.41) is 14.2. The Morgan fingerprint density at radius 3 is 2.76 bits per heavy atom. The molecule has 0 aromatic heterocycles. The fourth-order valence-electron chi connectivity index (χ4n) is 2.17. The summed E-state index contributed by atoms with van der Waals surface area (Å²) < 4.78 is 0. The van der Waals surface area contributed by atoms with E-state index in [0.717, 1.165) is 25.8 Å². The molecule has 1 aliphatic heterocycles. The van der Waals surface area contributed by atoms with Crippen molar-refractivity contribution in [3.8, 4) is 0 Å². The summed E-state index contributed by atoms with van der Waals surface area (Å²) in [5.41, 5.74) is 0. The van der Waals surface area contributed by atoms with Gasteiger partial charge >= 0.3 is 6.03 Å². The van der Waals surface area contributed by atoms with Crippen molar-refractivity contribution in [2.75, 3.05) is 20.1 Å². The number of imide groups is 1. The van der Waals surface area contributed by atoms with Crippen molar-refractivity contribution in [2.45, 2.75) is 38.3 Å². The van der Waals surface area contributed by atoms with Crippen molar-refractivity contribution in [2.24, 2.45) is 0 Å². The molecule has 0 spiro atoms. The first kappa shape index (κ1) is 13.9. The first-order valence-electron chi connectivity index (χ1n) is 5.98. The normalized spacial score (nSPS) is 22.9. The molecule has 2 atom stereocenters. The minimum atomic E-state index is -0.499. The lowest BCUT2D eigenvalue weighted by Crippen LogP contribution is -2.51. The molecule has 98 valence electrons. The van der Waals surface area contributed by atoms with Gasteiger partial charge in [0.2, 0.25) is 5.91 Å². The van der Waals surface area contributed by atoms with Crippen molar-refractivity contribution >= 4 is 11.9 Å². The van der Waals surface area contributed by atoms with E-state index < -0.39 is 12.1 Å². The third-order valence-corrected chi connectivity index (χ3v) is 3.05. The molecule has 1 fully saturated rings. The number of aliphatic hydroxyl groups is 1. The highest BCUT2D eigenvalue weighted by Gasteiger charge is 2.27. The van der Waals surface area contributed by atoms with Crippen molar-refractivity contribution in [3.05, 3.63) is 0 Å². The maximum Gasteiger partial charge on any atom is 0.321 e. The van der Waals surface area contributed by atoms with E-state index in [0.29, 0.717) is 0 Å². The zero-order valence-electron chi connectivity index (χ0n) is 10.4. The predicted octanol–water partition coefficient (Wildman–Crippen LogP) is -0.323. The Morgan fingerprint density at radius 2 is 2.18 bits per heavy atom. The number of nitrogens with zero attached hydrogens (tertiary/aromatic N) is 1. The van der Waals surface area contributed by atoms with Crippen LogP contribution in [0.25, 0.3) is 0 Å². The molecule has 1 saturated heterocycles. The Labute approximate surface area is 101 Å². The minimum absolute atomic E-state index is 0.0131. The van der Waals surface area contributed by atoms with Crippen LogP contribution in [-0.2, 0) is 4.79 Å².